The zero-order chi connectivity index (χ0) is 17.9. The Morgan fingerprint density at radius 3 is 2.36 bits per heavy atom. The molecular formula is C14H10F3N5OS2. The van der Waals surface area contributed by atoms with Gasteiger partial charge in [-0.1, -0.05) is 11.3 Å². The molecule has 0 radical (unpaired) electrons. The lowest BCUT2D eigenvalue weighted by Crippen LogP contribution is -2.08. The monoisotopic (exact) mass is 385 g/mol. The van der Waals surface area contributed by atoms with Crippen molar-refractivity contribution in [3.63, 3.8) is 0 Å². The van der Waals surface area contributed by atoms with Crippen LogP contribution in [0, 0.1) is 0 Å². The second kappa shape index (κ2) is 7.23. The Morgan fingerprint density at radius 1 is 1.00 bits per heavy atom. The third kappa shape index (κ3) is 4.57. The highest BCUT2D eigenvalue weighted by Crippen LogP contribution is 2.33. The molecule has 0 spiro atoms. The second-order valence-corrected chi connectivity index (χ2v) is 6.83. The third-order valence-electron chi connectivity index (χ3n) is 2.87. The van der Waals surface area contributed by atoms with Crippen molar-refractivity contribution < 1.29 is 17.9 Å². The van der Waals surface area contributed by atoms with Gasteiger partial charge in [0.1, 0.15) is 10.8 Å². The molecule has 1 aromatic carbocycles. The van der Waals surface area contributed by atoms with Gasteiger partial charge in [-0.25, -0.2) is 0 Å². The highest BCUT2D eigenvalue weighted by atomic mass is 32.2. The fraction of sp³-hybridized carbons (Fsp3) is 0.143. The van der Waals surface area contributed by atoms with Crippen molar-refractivity contribution >= 4 is 33.9 Å². The second-order valence-electron chi connectivity index (χ2n) is 4.58. The number of halogens is 3. The molecule has 0 saturated heterocycles. The number of hydrogen-bond donors (Lipinski definition) is 1. The minimum Gasteiger partial charge on any atom is -0.497 e. The fourth-order valence-electron chi connectivity index (χ4n) is 1.71. The number of rotatable bonds is 5. The molecule has 2 heterocycles. The van der Waals surface area contributed by atoms with Crippen LogP contribution in [0.25, 0.3) is 0 Å². The van der Waals surface area contributed by atoms with Crippen LogP contribution >= 0.6 is 23.1 Å². The average molecular weight is 385 g/mol. The number of nitrogens with zero attached hydrogens (tertiary/aromatic N) is 4. The number of anilines is 2. The minimum atomic E-state index is -4.51. The minimum absolute atomic E-state index is 0.306. The zero-order valence-electron chi connectivity index (χ0n) is 12.6. The van der Waals surface area contributed by atoms with Gasteiger partial charge in [-0.2, -0.15) is 13.2 Å². The van der Waals surface area contributed by atoms with E-state index in [1.165, 1.54) is 17.4 Å². The zero-order valence-corrected chi connectivity index (χ0v) is 14.2. The van der Waals surface area contributed by atoms with Crippen molar-refractivity contribution in [2.24, 2.45) is 0 Å². The highest BCUT2D eigenvalue weighted by molar-refractivity contribution is 8.01. The molecule has 0 unspecified atom stereocenters. The van der Waals surface area contributed by atoms with E-state index in [9.17, 15) is 13.2 Å². The van der Waals surface area contributed by atoms with Gasteiger partial charge < -0.3 is 10.1 Å². The number of benzene rings is 1. The molecule has 0 fully saturated rings. The number of ether oxygens (including phenoxy) is 1. The van der Waals surface area contributed by atoms with Crippen molar-refractivity contribution in [1.82, 2.24) is 20.4 Å². The smallest absolute Gasteiger partial charge is 0.435 e. The number of aromatic nitrogens is 4. The summed E-state index contributed by atoms with van der Waals surface area (Å²) >= 11 is 2.34. The molecule has 3 rings (SSSR count). The molecule has 25 heavy (non-hydrogen) atoms. The van der Waals surface area contributed by atoms with Gasteiger partial charge in [0.2, 0.25) is 5.13 Å². The predicted molar refractivity (Wildman–Crippen MR) is 87.3 cm³/mol. The molecule has 11 heteroatoms. The summed E-state index contributed by atoms with van der Waals surface area (Å²) in [6, 6.07) is 9.39. The van der Waals surface area contributed by atoms with E-state index in [1.807, 2.05) is 12.1 Å². The van der Waals surface area contributed by atoms with E-state index in [0.29, 0.717) is 14.5 Å². The van der Waals surface area contributed by atoms with Crippen molar-refractivity contribution in [2.75, 3.05) is 12.4 Å². The van der Waals surface area contributed by atoms with E-state index in [0.717, 1.165) is 29.3 Å². The average Bonchev–Trinajstić information content (AvgIpc) is 3.02. The normalized spacial score (nSPS) is 11.4. The van der Waals surface area contributed by atoms with Gasteiger partial charge in [0.05, 0.1) is 7.11 Å². The maximum absolute atomic E-state index is 12.5. The Bertz CT molecular complexity index is 837. The first-order chi connectivity index (χ1) is 11.9. The molecule has 1 N–H and O–H groups in total. The summed E-state index contributed by atoms with van der Waals surface area (Å²) in [6.07, 6.45) is -4.51. The molecule has 0 saturated carbocycles. The van der Waals surface area contributed by atoms with Crippen molar-refractivity contribution in [2.45, 2.75) is 15.5 Å². The Balaban J connectivity index is 1.65. The molecular weight excluding hydrogens is 375 g/mol. The van der Waals surface area contributed by atoms with E-state index in [2.05, 4.69) is 25.7 Å². The predicted octanol–water partition coefficient (Wildman–Crippen LogP) is 4.25. The first-order valence-electron chi connectivity index (χ1n) is 6.77. The van der Waals surface area contributed by atoms with Crippen LogP contribution in [0.5, 0.6) is 5.75 Å². The lowest BCUT2D eigenvalue weighted by Gasteiger charge is -2.04. The quantitative estimate of drug-likeness (QED) is 0.704. The van der Waals surface area contributed by atoms with E-state index in [-0.39, 0.29) is 0 Å². The van der Waals surface area contributed by atoms with Gasteiger partial charge in [-0.15, -0.1) is 20.4 Å². The maximum Gasteiger partial charge on any atom is 0.435 e. The Morgan fingerprint density at radius 2 is 1.76 bits per heavy atom. The van der Waals surface area contributed by atoms with Crippen LogP contribution in [0.15, 0.2) is 45.8 Å². The maximum atomic E-state index is 12.5. The molecule has 130 valence electrons. The van der Waals surface area contributed by atoms with Crippen molar-refractivity contribution in [1.29, 1.82) is 0 Å². The lowest BCUT2D eigenvalue weighted by atomic mass is 10.3. The van der Waals surface area contributed by atoms with Crippen LogP contribution in [0.3, 0.4) is 0 Å². The van der Waals surface area contributed by atoms with Crippen LogP contribution in [0.2, 0.25) is 0 Å². The number of methoxy groups -OCH3 is 1. The van der Waals surface area contributed by atoms with Crippen LogP contribution in [-0.4, -0.2) is 27.5 Å². The van der Waals surface area contributed by atoms with Crippen molar-refractivity contribution in [3.05, 3.63) is 42.1 Å². The summed E-state index contributed by atoms with van der Waals surface area (Å²) in [5.41, 5.74) is -0.223. The summed E-state index contributed by atoms with van der Waals surface area (Å²) < 4.78 is 43.0. The first kappa shape index (κ1) is 17.4. The third-order valence-corrected chi connectivity index (χ3v) is 4.69. The molecule has 6 nitrogen and oxygen atoms in total. The topological polar surface area (TPSA) is 72.8 Å². The van der Waals surface area contributed by atoms with Gasteiger partial charge in [0.25, 0.3) is 0 Å². The molecule has 0 atom stereocenters. The molecule has 0 amide bonds. The molecule has 0 bridgehead atoms. The molecule has 3 aromatic rings. The van der Waals surface area contributed by atoms with Crippen LogP contribution < -0.4 is 10.1 Å². The fourth-order valence-corrected chi connectivity index (χ4v) is 3.35. The van der Waals surface area contributed by atoms with E-state index < -0.39 is 11.9 Å². The molecule has 2 aromatic heterocycles. The Kier molecular flexibility index (Phi) is 5.04. The largest absolute Gasteiger partial charge is 0.497 e. The van der Waals surface area contributed by atoms with Crippen LogP contribution in [-0.2, 0) is 6.18 Å². The Hall–Kier alpha value is -2.40. The first-order valence-corrected chi connectivity index (χ1v) is 8.41. The lowest BCUT2D eigenvalue weighted by molar-refractivity contribution is -0.141. The standard InChI is InChI=1S/C14H10F3N5OS2/c1-23-9-4-2-8(3-5-9)18-12-21-22-13(25-12)24-11-7-6-10(19-20-11)14(15,16)17/h2-7H,1H3,(H,18,21). The van der Waals surface area contributed by atoms with E-state index in [4.69, 9.17) is 4.74 Å². The summed E-state index contributed by atoms with van der Waals surface area (Å²) in [5.74, 6) is 0.736. The van der Waals surface area contributed by atoms with Gasteiger partial charge in [0.15, 0.2) is 10.0 Å². The molecule has 0 aliphatic rings. The van der Waals surface area contributed by atoms with Crippen LogP contribution in [0.4, 0.5) is 24.0 Å². The number of hydrogen-bond acceptors (Lipinski definition) is 8. The summed E-state index contributed by atoms with van der Waals surface area (Å²) in [7, 11) is 1.58. The van der Waals surface area contributed by atoms with E-state index >= 15 is 0 Å². The van der Waals surface area contributed by atoms with Crippen LogP contribution in [0.1, 0.15) is 5.69 Å². The summed E-state index contributed by atoms with van der Waals surface area (Å²) in [4.78, 5) is 0. The molecule has 0 aliphatic heterocycles. The number of nitrogens with one attached hydrogen (secondary N) is 1. The van der Waals surface area contributed by atoms with Gasteiger partial charge in [-0.05, 0) is 48.2 Å². The van der Waals surface area contributed by atoms with Gasteiger partial charge in [0, 0.05) is 5.69 Å². The van der Waals surface area contributed by atoms with Crippen molar-refractivity contribution in [3.8, 4) is 5.75 Å². The van der Waals surface area contributed by atoms with E-state index in [1.54, 1.807) is 19.2 Å². The highest BCUT2D eigenvalue weighted by Gasteiger charge is 2.32. The molecule has 0 aliphatic carbocycles. The van der Waals surface area contributed by atoms with Gasteiger partial charge in [-0.3, -0.25) is 0 Å². The number of alkyl halides is 3. The SMILES string of the molecule is COc1ccc(Nc2nnc(Sc3ccc(C(F)(F)F)nn3)s2)cc1. The van der Waals surface area contributed by atoms with Gasteiger partial charge >= 0.3 is 6.18 Å². The summed E-state index contributed by atoms with van der Waals surface area (Å²) in [5, 5.41) is 18.6. The Labute approximate surface area is 148 Å². The summed E-state index contributed by atoms with van der Waals surface area (Å²) in [6.45, 7) is 0.